The van der Waals surface area contributed by atoms with Crippen molar-refractivity contribution in [2.45, 2.75) is 33.0 Å². The highest BCUT2D eigenvalue weighted by molar-refractivity contribution is 9.10. The predicted molar refractivity (Wildman–Crippen MR) is 96.7 cm³/mol. The van der Waals surface area contributed by atoms with Crippen LogP contribution in [0.4, 0.5) is 0 Å². The normalized spacial score (nSPS) is 22.3. The van der Waals surface area contributed by atoms with Crippen LogP contribution in [0.3, 0.4) is 0 Å². The minimum Gasteiger partial charge on any atom is -0.488 e. The average Bonchev–Trinajstić information content (AvgIpc) is 2.43. The molecule has 0 N–H and O–H groups in total. The number of aryl methyl sites for hydroxylation is 1. The highest BCUT2D eigenvalue weighted by atomic mass is 79.9. The molecule has 0 aromatic heterocycles. The Morgan fingerprint density at radius 2 is 1.91 bits per heavy atom. The zero-order valence-corrected chi connectivity index (χ0v) is 16.3. The summed E-state index contributed by atoms with van der Waals surface area (Å²) >= 11 is 9.66. The Hall–Kier alpha value is -0.330. The van der Waals surface area contributed by atoms with Gasteiger partial charge in [-0.2, -0.15) is 0 Å². The fourth-order valence-electron chi connectivity index (χ4n) is 2.79. The van der Waals surface area contributed by atoms with E-state index in [1.807, 2.05) is 19.1 Å². The standard InChI is InChI=1S/C17H25BrClNO3/c1-12-8-15(18)17(16(19)9-12)22-7-6-21-5-4-20-10-13(2)23-14(3)11-20/h8-9,13-14H,4-7,10-11H2,1-3H3/t13-,14-/m1/s1. The number of halogens is 2. The Morgan fingerprint density at radius 1 is 1.22 bits per heavy atom. The lowest BCUT2D eigenvalue weighted by molar-refractivity contribution is -0.0734. The molecule has 0 amide bonds. The first kappa shape index (κ1) is 19.0. The van der Waals surface area contributed by atoms with E-state index >= 15 is 0 Å². The lowest BCUT2D eigenvalue weighted by Gasteiger charge is -2.35. The molecule has 2 rings (SSSR count). The first-order valence-corrected chi connectivity index (χ1v) is 9.17. The molecule has 2 atom stereocenters. The first-order chi connectivity index (χ1) is 11.0. The summed E-state index contributed by atoms with van der Waals surface area (Å²) in [6, 6.07) is 3.88. The Balaban J connectivity index is 1.63. The maximum Gasteiger partial charge on any atom is 0.152 e. The van der Waals surface area contributed by atoms with Gasteiger partial charge in [0.25, 0.3) is 0 Å². The fraction of sp³-hybridized carbons (Fsp3) is 0.647. The summed E-state index contributed by atoms with van der Waals surface area (Å²) in [5.74, 6) is 0.677. The number of ether oxygens (including phenoxy) is 3. The molecule has 130 valence electrons. The molecule has 1 fully saturated rings. The Labute approximate surface area is 152 Å². The van der Waals surface area contributed by atoms with Crippen LogP contribution in [-0.4, -0.2) is 56.6 Å². The van der Waals surface area contributed by atoms with Crippen molar-refractivity contribution in [2.24, 2.45) is 0 Å². The molecule has 0 aliphatic carbocycles. The first-order valence-electron chi connectivity index (χ1n) is 7.99. The monoisotopic (exact) mass is 405 g/mol. The van der Waals surface area contributed by atoms with Gasteiger partial charge in [0.1, 0.15) is 6.61 Å². The molecule has 0 radical (unpaired) electrons. The van der Waals surface area contributed by atoms with Crippen molar-refractivity contribution >= 4 is 27.5 Å². The summed E-state index contributed by atoms with van der Waals surface area (Å²) in [5, 5.41) is 0.619. The number of nitrogens with zero attached hydrogens (tertiary/aromatic N) is 1. The molecule has 1 aromatic carbocycles. The van der Waals surface area contributed by atoms with Crippen molar-refractivity contribution in [3.8, 4) is 5.75 Å². The van der Waals surface area contributed by atoms with Gasteiger partial charge < -0.3 is 14.2 Å². The number of morpholine rings is 1. The van der Waals surface area contributed by atoms with Gasteiger partial charge in [-0.05, 0) is 54.4 Å². The van der Waals surface area contributed by atoms with E-state index in [-0.39, 0.29) is 0 Å². The van der Waals surface area contributed by atoms with Crippen molar-refractivity contribution in [1.82, 2.24) is 4.90 Å². The molecule has 0 unspecified atom stereocenters. The third-order valence-corrected chi connectivity index (χ3v) is 4.53. The van der Waals surface area contributed by atoms with E-state index in [2.05, 4.69) is 34.7 Å². The lowest BCUT2D eigenvalue weighted by atomic mass is 10.2. The second-order valence-corrected chi connectivity index (χ2v) is 7.30. The van der Waals surface area contributed by atoms with Gasteiger partial charge in [0, 0.05) is 19.6 Å². The quantitative estimate of drug-likeness (QED) is 0.642. The molecule has 0 bridgehead atoms. The zero-order chi connectivity index (χ0) is 16.8. The molecule has 1 heterocycles. The van der Waals surface area contributed by atoms with Crippen LogP contribution in [0.25, 0.3) is 0 Å². The Morgan fingerprint density at radius 3 is 2.57 bits per heavy atom. The molecule has 4 nitrogen and oxygen atoms in total. The minimum absolute atomic E-state index is 0.295. The second-order valence-electron chi connectivity index (χ2n) is 6.04. The van der Waals surface area contributed by atoms with Crippen LogP contribution in [0.15, 0.2) is 16.6 Å². The molecule has 1 aliphatic rings. The van der Waals surface area contributed by atoms with E-state index in [0.717, 1.165) is 29.7 Å². The molecule has 0 saturated carbocycles. The van der Waals surface area contributed by atoms with Crippen LogP contribution in [0.1, 0.15) is 19.4 Å². The van der Waals surface area contributed by atoms with Crippen molar-refractivity contribution in [3.05, 3.63) is 27.2 Å². The summed E-state index contributed by atoms with van der Waals surface area (Å²) in [5.41, 5.74) is 1.10. The molecule has 23 heavy (non-hydrogen) atoms. The van der Waals surface area contributed by atoms with Gasteiger partial charge in [-0.25, -0.2) is 0 Å². The van der Waals surface area contributed by atoms with Gasteiger partial charge in [0.05, 0.1) is 34.9 Å². The van der Waals surface area contributed by atoms with Crippen LogP contribution in [0.5, 0.6) is 5.75 Å². The van der Waals surface area contributed by atoms with Crippen molar-refractivity contribution < 1.29 is 14.2 Å². The summed E-state index contributed by atoms with van der Waals surface area (Å²) < 4.78 is 18.0. The van der Waals surface area contributed by atoms with E-state index < -0.39 is 0 Å². The summed E-state index contributed by atoms with van der Waals surface area (Å²) in [6.07, 6.45) is 0.589. The number of hydrogen-bond acceptors (Lipinski definition) is 4. The van der Waals surface area contributed by atoms with Crippen LogP contribution >= 0.6 is 27.5 Å². The third-order valence-electron chi connectivity index (χ3n) is 3.66. The lowest BCUT2D eigenvalue weighted by Crippen LogP contribution is -2.46. The van der Waals surface area contributed by atoms with Gasteiger partial charge in [0.2, 0.25) is 0 Å². The largest absolute Gasteiger partial charge is 0.488 e. The average molecular weight is 407 g/mol. The molecule has 0 spiro atoms. The summed E-state index contributed by atoms with van der Waals surface area (Å²) in [7, 11) is 0. The molecule has 6 heteroatoms. The zero-order valence-electron chi connectivity index (χ0n) is 14.0. The highest BCUT2D eigenvalue weighted by Crippen LogP contribution is 2.34. The van der Waals surface area contributed by atoms with Gasteiger partial charge in [-0.3, -0.25) is 4.90 Å². The van der Waals surface area contributed by atoms with E-state index in [9.17, 15) is 0 Å². The van der Waals surface area contributed by atoms with Crippen molar-refractivity contribution in [1.29, 1.82) is 0 Å². The fourth-order valence-corrected chi connectivity index (χ4v) is 3.92. The SMILES string of the molecule is Cc1cc(Cl)c(OCCOCCN2C[C@@H](C)O[C@H](C)C2)c(Br)c1. The van der Waals surface area contributed by atoms with Gasteiger partial charge in [-0.15, -0.1) is 0 Å². The second kappa shape index (κ2) is 9.23. The van der Waals surface area contributed by atoms with E-state index in [0.29, 0.717) is 42.8 Å². The molecule has 1 aliphatic heterocycles. The highest BCUT2D eigenvalue weighted by Gasteiger charge is 2.21. The van der Waals surface area contributed by atoms with Gasteiger partial charge in [-0.1, -0.05) is 11.6 Å². The van der Waals surface area contributed by atoms with Gasteiger partial charge in [0.15, 0.2) is 5.75 Å². The maximum atomic E-state index is 6.19. The van der Waals surface area contributed by atoms with Gasteiger partial charge >= 0.3 is 0 Å². The number of rotatable bonds is 7. The van der Waals surface area contributed by atoms with E-state index in [1.165, 1.54) is 0 Å². The molecule has 1 saturated heterocycles. The smallest absolute Gasteiger partial charge is 0.152 e. The molecular formula is C17H25BrClNO3. The number of benzene rings is 1. The molecule has 1 aromatic rings. The Kier molecular flexibility index (Phi) is 7.63. The van der Waals surface area contributed by atoms with Crippen molar-refractivity contribution in [3.63, 3.8) is 0 Å². The molecular weight excluding hydrogens is 382 g/mol. The summed E-state index contributed by atoms with van der Waals surface area (Å²) in [4.78, 5) is 2.38. The van der Waals surface area contributed by atoms with Crippen LogP contribution in [0.2, 0.25) is 5.02 Å². The predicted octanol–water partition coefficient (Wildman–Crippen LogP) is 3.92. The van der Waals surface area contributed by atoms with Crippen LogP contribution in [0, 0.1) is 6.92 Å². The minimum atomic E-state index is 0.295. The van der Waals surface area contributed by atoms with Crippen molar-refractivity contribution in [2.75, 3.05) is 39.5 Å². The maximum absolute atomic E-state index is 6.19. The van der Waals surface area contributed by atoms with E-state index in [1.54, 1.807) is 0 Å². The van der Waals surface area contributed by atoms with E-state index in [4.69, 9.17) is 25.8 Å². The third kappa shape index (κ3) is 6.24. The van der Waals surface area contributed by atoms with Crippen LogP contribution < -0.4 is 4.74 Å². The Bertz CT molecular complexity index is 482. The van der Waals surface area contributed by atoms with Crippen LogP contribution in [-0.2, 0) is 9.47 Å². The number of hydrogen-bond donors (Lipinski definition) is 0. The topological polar surface area (TPSA) is 30.9 Å². The summed E-state index contributed by atoms with van der Waals surface area (Å²) in [6.45, 7) is 10.8.